The van der Waals surface area contributed by atoms with Crippen molar-refractivity contribution in [2.75, 3.05) is 26.7 Å². The molecule has 2 aromatic rings. The lowest BCUT2D eigenvalue weighted by atomic mass is 9.74. The summed E-state index contributed by atoms with van der Waals surface area (Å²) < 4.78 is 0. The highest BCUT2D eigenvalue weighted by Gasteiger charge is 2.34. The van der Waals surface area contributed by atoms with E-state index in [9.17, 15) is 5.11 Å². The zero-order valence-electron chi connectivity index (χ0n) is 15.9. The highest BCUT2D eigenvalue weighted by molar-refractivity contribution is 5.83. The summed E-state index contributed by atoms with van der Waals surface area (Å²) >= 11 is 0. The first-order chi connectivity index (χ1) is 12.7. The van der Waals surface area contributed by atoms with Gasteiger partial charge in [0.1, 0.15) is 0 Å². The molecule has 0 amide bonds. The van der Waals surface area contributed by atoms with Gasteiger partial charge >= 0.3 is 0 Å². The first-order valence-electron chi connectivity index (χ1n) is 10.3. The molecule has 2 N–H and O–H groups in total. The van der Waals surface area contributed by atoms with E-state index in [1.165, 1.54) is 42.1 Å². The van der Waals surface area contributed by atoms with Crippen molar-refractivity contribution in [1.29, 1.82) is 0 Å². The molecule has 0 spiro atoms. The van der Waals surface area contributed by atoms with Crippen LogP contribution in [0.2, 0.25) is 0 Å². The first kappa shape index (κ1) is 18.0. The molecule has 3 nitrogen and oxygen atoms in total. The molecule has 3 unspecified atom stereocenters. The van der Waals surface area contributed by atoms with E-state index in [4.69, 9.17) is 0 Å². The van der Waals surface area contributed by atoms with Gasteiger partial charge in [-0.1, -0.05) is 55.3 Å². The Kier molecular flexibility index (Phi) is 5.58. The third-order valence-corrected chi connectivity index (χ3v) is 6.64. The summed E-state index contributed by atoms with van der Waals surface area (Å²) in [5.41, 5.74) is 1.41. The number of nitrogens with one attached hydrogen (secondary N) is 1. The monoisotopic (exact) mass is 352 g/mol. The maximum atomic E-state index is 10.8. The minimum absolute atomic E-state index is 0.150. The number of likely N-dealkylation sites (N-methyl/N-ethyl adjacent to an activating group) is 1. The largest absolute Gasteiger partial charge is 0.393 e. The summed E-state index contributed by atoms with van der Waals surface area (Å²) in [5, 5.41) is 16.8. The lowest BCUT2D eigenvalue weighted by Crippen LogP contribution is -2.38. The van der Waals surface area contributed by atoms with E-state index in [1.807, 2.05) is 0 Å². The number of nitrogens with zero attached hydrogens (tertiary/aromatic N) is 1. The Morgan fingerprint density at radius 3 is 2.65 bits per heavy atom. The predicted octanol–water partition coefficient (Wildman–Crippen LogP) is 3.77. The minimum atomic E-state index is -0.150. The molecule has 1 heterocycles. The molecular weight excluding hydrogens is 320 g/mol. The third-order valence-electron chi connectivity index (χ3n) is 6.64. The van der Waals surface area contributed by atoms with Crippen molar-refractivity contribution in [3.63, 3.8) is 0 Å². The fourth-order valence-corrected chi connectivity index (χ4v) is 5.05. The quantitative estimate of drug-likeness (QED) is 0.860. The molecule has 0 aromatic heterocycles. The van der Waals surface area contributed by atoms with Crippen molar-refractivity contribution < 1.29 is 5.11 Å². The van der Waals surface area contributed by atoms with Gasteiger partial charge in [-0.3, -0.25) is 0 Å². The van der Waals surface area contributed by atoms with Gasteiger partial charge in [0, 0.05) is 25.0 Å². The molecule has 3 heteroatoms. The van der Waals surface area contributed by atoms with E-state index in [0.717, 1.165) is 25.9 Å². The molecule has 4 rings (SSSR count). The van der Waals surface area contributed by atoms with E-state index < -0.39 is 0 Å². The normalized spacial score (nSPS) is 28.5. The Labute approximate surface area is 157 Å². The lowest BCUT2D eigenvalue weighted by Gasteiger charge is -2.37. The van der Waals surface area contributed by atoms with Crippen molar-refractivity contribution >= 4 is 10.8 Å². The second kappa shape index (κ2) is 8.08. The molecule has 4 atom stereocenters. The van der Waals surface area contributed by atoms with Gasteiger partial charge in [0.25, 0.3) is 0 Å². The second-order valence-electron chi connectivity index (χ2n) is 8.26. The van der Waals surface area contributed by atoms with Crippen LogP contribution in [-0.4, -0.2) is 48.8 Å². The van der Waals surface area contributed by atoms with E-state index in [0.29, 0.717) is 17.9 Å². The number of benzene rings is 2. The van der Waals surface area contributed by atoms with Crippen LogP contribution in [0.3, 0.4) is 0 Å². The van der Waals surface area contributed by atoms with Crippen molar-refractivity contribution in [3.05, 3.63) is 48.0 Å². The van der Waals surface area contributed by atoms with Gasteiger partial charge in [0.05, 0.1) is 6.10 Å². The van der Waals surface area contributed by atoms with Crippen LogP contribution in [0.5, 0.6) is 0 Å². The number of aliphatic hydroxyl groups excluding tert-OH is 1. The summed E-state index contributed by atoms with van der Waals surface area (Å²) in [6, 6.07) is 16.2. The number of hydrogen-bond donors (Lipinski definition) is 2. The van der Waals surface area contributed by atoms with Crippen molar-refractivity contribution in [3.8, 4) is 0 Å². The fourth-order valence-electron chi connectivity index (χ4n) is 5.05. The molecule has 1 aliphatic carbocycles. The van der Waals surface area contributed by atoms with Crippen LogP contribution in [0.15, 0.2) is 42.5 Å². The van der Waals surface area contributed by atoms with E-state index in [1.54, 1.807) is 0 Å². The molecule has 0 bridgehead atoms. The molecule has 2 fully saturated rings. The summed E-state index contributed by atoms with van der Waals surface area (Å²) in [4.78, 5) is 2.60. The van der Waals surface area contributed by atoms with Crippen LogP contribution in [0.4, 0.5) is 0 Å². The second-order valence-corrected chi connectivity index (χ2v) is 8.26. The van der Waals surface area contributed by atoms with Crippen molar-refractivity contribution in [1.82, 2.24) is 10.2 Å². The third kappa shape index (κ3) is 3.80. The van der Waals surface area contributed by atoms with Crippen LogP contribution in [0.1, 0.15) is 43.6 Å². The molecule has 2 aromatic carbocycles. The number of hydrogen-bond acceptors (Lipinski definition) is 3. The maximum Gasteiger partial charge on any atom is 0.0574 e. The summed E-state index contributed by atoms with van der Waals surface area (Å²) in [6.07, 6.45) is 5.63. The average molecular weight is 353 g/mol. The number of rotatable bonds is 5. The smallest absolute Gasteiger partial charge is 0.0574 e. The Morgan fingerprint density at radius 1 is 1.08 bits per heavy atom. The van der Waals surface area contributed by atoms with Crippen LogP contribution in [0.25, 0.3) is 10.8 Å². The topological polar surface area (TPSA) is 35.5 Å². The first-order valence-corrected chi connectivity index (χ1v) is 10.3. The van der Waals surface area contributed by atoms with E-state index in [2.05, 4.69) is 59.7 Å². The van der Waals surface area contributed by atoms with Gasteiger partial charge in [-0.2, -0.15) is 0 Å². The van der Waals surface area contributed by atoms with Gasteiger partial charge in [-0.25, -0.2) is 0 Å². The Bertz CT molecular complexity index is 731. The molecule has 1 aliphatic heterocycles. The molecular formula is C23H32N2O. The summed E-state index contributed by atoms with van der Waals surface area (Å²) in [6.45, 7) is 3.36. The van der Waals surface area contributed by atoms with Crippen LogP contribution < -0.4 is 5.32 Å². The van der Waals surface area contributed by atoms with E-state index >= 15 is 0 Å². The van der Waals surface area contributed by atoms with Crippen LogP contribution in [0, 0.1) is 5.92 Å². The molecule has 1 saturated heterocycles. The Balaban J connectivity index is 1.62. The lowest BCUT2D eigenvalue weighted by molar-refractivity contribution is 0.0476. The number of likely N-dealkylation sites (tertiary alicyclic amines) is 1. The maximum absolute atomic E-state index is 10.8. The Morgan fingerprint density at radius 2 is 1.88 bits per heavy atom. The van der Waals surface area contributed by atoms with Gasteiger partial charge in [0.15, 0.2) is 0 Å². The van der Waals surface area contributed by atoms with Gasteiger partial charge in [-0.05, 0) is 55.1 Å². The summed E-state index contributed by atoms with van der Waals surface area (Å²) in [7, 11) is 2.07. The van der Waals surface area contributed by atoms with E-state index in [-0.39, 0.29) is 6.10 Å². The van der Waals surface area contributed by atoms with Gasteiger partial charge < -0.3 is 15.3 Å². The highest BCUT2D eigenvalue weighted by atomic mass is 16.3. The Hall–Kier alpha value is -1.42. The molecule has 2 aliphatic rings. The molecule has 1 saturated carbocycles. The minimum Gasteiger partial charge on any atom is -0.393 e. The van der Waals surface area contributed by atoms with Crippen molar-refractivity contribution in [2.45, 2.75) is 50.2 Å². The molecule has 26 heavy (non-hydrogen) atoms. The average Bonchev–Trinajstić information content (AvgIpc) is 3.14. The molecule has 140 valence electrons. The number of fused-ring (bicyclic) bond motifs is 1. The van der Waals surface area contributed by atoms with Gasteiger partial charge in [-0.15, -0.1) is 0 Å². The fraction of sp³-hybridized carbons (Fsp3) is 0.565. The SMILES string of the molecule is CN[C@H]1CCN(CC(c2ccc3ccccc3c2)C2CCCCC2O)C1. The van der Waals surface area contributed by atoms with Gasteiger partial charge in [0.2, 0.25) is 0 Å². The van der Waals surface area contributed by atoms with Crippen LogP contribution >= 0.6 is 0 Å². The summed E-state index contributed by atoms with van der Waals surface area (Å²) in [5.74, 6) is 0.809. The zero-order valence-corrected chi connectivity index (χ0v) is 15.9. The predicted molar refractivity (Wildman–Crippen MR) is 109 cm³/mol. The number of aliphatic hydroxyl groups is 1. The van der Waals surface area contributed by atoms with Crippen molar-refractivity contribution in [2.24, 2.45) is 5.92 Å². The van der Waals surface area contributed by atoms with Crippen LogP contribution in [-0.2, 0) is 0 Å². The molecule has 0 radical (unpaired) electrons. The standard InChI is InChI=1S/C23H32N2O/c1-24-20-12-13-25(15-20)16-22(21-8-4-5-9-23(21)26)19-11-10-17-6-2-3-7-18(17)14-19/h2-3,6-7,10-11,14,20-24,26H,4-5,8-9,12-13,15-16H2,1H3/t20-,21?,22?,23?/m0/s1. The zero-order chi connectivity index (χ0) is 17.9. The highest BCUT2D eigenvalue weighted by Crippen LogP contribution is 2.38.